The summed E-state index contributed by atoms with van der Waals surface area (Å²) in [6.07, 6.45) is 8.95. The Hall–Kier alpha value is -1.84. The molecule has 1 aromatic rings. The van der Waals surface area contributed by atoms with E-state index in [1.165, 1.54) is 25.7 Å². The topological polar surface area (TPSA) is 52.6 Å². The average molecular weight is 419 g/mol. The summed E-state index contributed by atoms with van der Waals surface area (Å²) in [5.41, 5.74) is 0.386. The fourth-order valence-electron chi connectivity index (χ4n) is 3.37. The monoisotopic (exact) mass is 418 g/mol. The summed E-state index contributed by atoms with van der Waals surface area (Å²) >= 11 is 0. The molecule has 170 valence electrons. The fraction of sp³-hybridized carbons (Fsp3) is 0.692. The van der Waals surface area contributed by atoms with Gasteiger partial charge in [-0.05, 0) is 35.8 Å². The molecule has 0 heterocycles. The van der Waals surface area contributed by atoms with Crippen LogP contribution in [0.3, 0.4) is 0 Å². The van der Waals surface area contributed by atoms with E-state index in [0.29, 0.717) is 13.2 Å². The molecule has 0 bridgehead atoms. The van der Waals surface area contributed by atoms with E-state index < -0.39 is 11.9 Å². The Morgan fingerprint density at radius 2 is 1.07 bits per heavy atom. The molecule has 0 fully saturated rings. The molecular formula is C26H42O4. The van der Waals surface area contributed by atoms with Crippen molar-refractivity contribution in [2.75, 3.05) is 13.2 Å². The van der Waals surface area contributed by atoms with Crippen molar-refractivity contribution < 1.29 is 19.1 Å². The second kappa shape index (κ2) is 12.8. The number of ether oxygens (including phenoxy) is 2. The van der Waals surface area contributed by atoms with Crippen LogP contribution in [0.5, 0.6) is 0 Å². The normalized spacial score (nSPS) is 11.9. The van der Waals surface area contributed by atoms with Gasteiger partial charge in [0.2, 0.25) is 0 Å². The van der Waals surface area contributed by atoms with Crippen molar-refractivity contribution in [3.8, 4) is 0 Å². The Labute approximate surface area is 183 Å². The van der Waals surface area contributed by atoms with Crippen molar-refractivity contribution in [3.05, 3.63) is 35.4 Å². The highest BCUT2D eigenvalue weighted by Crippen LogP contribution is 2.26. The van der Waals surface area contributed by atoms with Crippen molar-refractivity contribution in [3.63, 3.8) is 0 Å². The number of hydrogen-bond donors (Lipinski definition) is 0. The van der Waals surface area contributed by atoms with E-state index in [1.54, 1.807) is 24.3 Å². The van der Waals surface area contributed by atoms with Gasteiger partial charge in [0, 0.05) is 0 Å². The molecule has 30 heavy (non-hydrogen) atoms. The highest BCUT2D eigenvalue weighted by Gasteiger charge is 2.25. The summed E-state index contributed by atoms with van der Waals surface area (Å²) < 4.78 is 11.2. The highest BCUT2D eigenvalue weighted by molar-refractivity contribution is 6.03. The van der Waals surface area contributed by atoms with Crippen LogP contribution in [0, 0.1) is 10.8 Å². The van der Waals surface area contributed by atoms with E-state index in [-0.39, 0.29) is 22.0 Å². The van der Waals surface area contributed by atoms with Crippen LogP contribution in [-0.2, 0) is 9.47 Å². The predicted octanol–water partition coefficient (Wildman–Crippen LogP) is 7.21. The molecule has 0 amide bonds. The van der Waals surface area contributed by atoms with E-state index in [0.717, 1.165) is 25.7 Å². The van der Waals surface area contributed by atoms with E-state index >= 15 is 0 Å². The van der Waals surface area contributed by atoms with Crippen molar-refractivity contribution in [1.82, 2.24) is 0 Å². The third kappa shape index (κ3) is 9.77. The van der Waals surface area contributed by atoms with Crippen molar-refractivity contribution in [2.24, 2.45) is 10.8 Å². The van der Waals surface area contributed by atoms with Crippen LogP contribution in [-0.4, -0.2) is 25.2 Å². The van der Waals surface area contributed by atoms with E-state index in [4.69, 9.17) is 9.47 Å². The zero-order chi connectivity index (χ0) is 22.6. The molecular weight excluding hydrogens is 376 g/mol. The molecule has 0 saturated carbocycles. The zero-order valence-electron chi connectivity index (χ0n) is 20.0. The first kappa shape index (κ1) is 26.2. The van der Waals surface area contributed by atoms with Crippen LogP contribution in [0.25, 0.3) is 0 Å². The summed E-state index contributed by atoms with van der Waals surface area (Å²) in [6, 6.07) is 6.76. The standard InChI is InChI=1S/C26H42O4/c1-7-9-13-17-25(3,4)19-29-23(27)21-15-11-12-16-22(21)24(28)30-20-26(5,6)18-14-10-8-2/h11-12,15-16H,7-10,13-14,17-20H2,1-6H3. The quantitative estimate of drug-likeness (QED) is 0.236. The molecule has 1 aromatic carbocycles. The number of esters is 2. The predicted molar refractivity (Wildman–Crippen MR) is 123 cm³/mol. The summed E-state index contributed by atoms with van der Waals surface area (Å²) in [7, 11) is 0. The molecule has 0 atom stereocenters. The minimum absolute atomic E-state index is 0.0806. The van der Waals surface area contributed by atoms with E-state index in [1.807, 2.05) is 0 Å². The lowest BCUT2D eigenvalue weighted by atomic mass is 9.88. The summed E-state index contributed by atoms with van der Waals surface area (Å²) in [4.78, 5) is 25.4. The molecule has 0 unspecified atom stereocenters. The molecule has 1 rings (SSSR count). The van der Waals surface area contributed by atoms with E-state index in [9.17, 15) is 9.59 Å². The summed E-state index contributed by atoms with van der Waals surface area (Å²) in [6.45, 7) is 13.5. The van der Waals surface area contributed by atoms with Crippen LogP contribution in [0.4, 0.5) is 0 Å². The molecule has 0 aliphatic carbocycles. The van der Waals surface area contributed by atoms with Gasteiger partial charge in [0.15, 0.2) is 0 Å². The Bertz CT molecular complexity index is 604. The summed E-state index contributed by atoms with van der Waals surface area (Å²) in [5.74, 6) is -0.929. The second-order valence-electron chi connectivity index (χ2n) is 9.94. The molecule has 4 nitrogen and oxygen atoms in total. The Morgan fingerprint density at radius 3 is 1.40 bits per heavy atom. The van der Waals surface area contributed by atoms with Gasteiger partial charge in [-0.2, -0.15) is 0 Å². The summed E-state index contributed by atoms with van der Waals surface area (Å²) in [5, 5.41) is 0. The first-order chi connectivity index (χ1) is 14.1. The van der Waals surface area contributed by atoms with Gasteiger partial charge in [-0.1, -0.05) is 92.2 Å². The lowest BCUT2D eigenvalue weighted by Gasteiger charge is -2.25. The third-order valence-corrected chi connectivity index (χ3v) is 5.47. The van der Waals surface area contributed by atoms with Crippen molar-refractivity contribution in [1.29, 1.82) is 0 Å². The Balaban J connectivity index is 2.70. The number of unbranched alkanes of at least 4 members (excludes halogenated alkanes) is 4. The van der Waals surface area contributed by atoms with Crippen LogP contribution < -0.4 is 0 Å². The van der Waals surface area contributed by atoms with Gasteiger partial charge in [0.25, 0.3) is 0 Å². The first-order valence-corrected chi connectivity index (χ1v) is 11.5. The largest absolute Gasteiger partial charge is 0.462 e. The number of hydrogen-bond acceptors (Lipinski definition) is 4. The first-order valence-electron chi connectivity index (χ1n) is 11.5. The van der Waals surface area contributed by atoms with Gasteiger partial charge in [-0.3, -0.25) is 0 Å². The zero-order valence-corrected chi connectivity index (χ0v) is 20.0. The van der Waals surface area contributed by atoms with Crippen LogP contribution in [0.1, 0.15) is 114 Å². The lowest BCUT2D eigenvalue weighted by Crippen LogP contribution is -2.25. The molecule has 0 spiro atoms. The Kier molecular flexibility index (Phi) is 11.1. The molecule has 0 aliphatic rings. The maximum absolute atomic E-state index is 12.7. The number of carbonyl (C=O) groups is 2. The van der Waals surface area contributed by atoms with Crippen LogP contribution in [0.15, 0.2) is 24.3 Å². The number of rotatable bonds is 14. The van der Waals surface area contributed by atoms with Gasteiger partial charge in [-0.25, -0.2) is 9.59 Å². The second-order valence-corrected chi connectivity index (χ2v) is 9.94. The van der Waals surface area contributed by atoms with Gasteiger partial charge < -0.3 is 9.47 Å². The average Bonchev–Trinajstić information content (AvgIpc) is 2.70. The molecule has 0 N–H and O–H groups in total. The maximum Gasteiger partial charge on any atom is 0.339 e. The number of carbonyl (C=O) groups excluding carboxylic acids is 2. The minimum atomic E-state index is -0.465. The minimum Gasteiger partial charge on any atom is -0.462 e. The molecule has 0 aromatic heterocycles. The number of benzene rings is 1. The molecule has 0 saturated heterocycles. The molecule has 0 aliphatic heterocycles. The molecule has 4 heteroatoms. The van der Waals surface area contributed by atoms with Crippen LogP contribution >= 0.6 is 0 Å². The highest BCUT2D eigenvalue weighted by atomic mass is 16.5. The maximum atomic E-state index is 12.7. The molecule has 0 radical (unpaired) electrons. The van der Waals surface area contributed by atoms with Crippen molar-refractivity contribution in [2.45, 2.75) is 92.9 Å². The Morgan fingerprint density at radius 1 is 0.700 bits per heavy atom. The smallest absolute Gasteiger partial charge is 0.339 e. The fourth-order valence-corrected chi connectivity index (χ4v) is 3.37. The third-order valence-electron chi connectivity index (χ3n) is 5.47. The van der Waals surface area contributed by atoms with Gasteiger partial charge in [0.05, 0.1) is 24.3 Å². The van der Waals surface area contributed by atoms with Gasteiger partial charge >= 0.3 is 11.9 Å². The van der Waals surface area contributed by atoms with E-state index in [2.05, 4.69) is 41.5 Å². The van der Waals surface area contributed by atoms with Gasteiger partial charge in [-0.15, -0.1) is 0 Å². The SMILES string of the molecule is CCCCCC(C)(C)COC(=O)c1ccccc1C(=O)OCC(C)(C)CCCCC. The van der Waals surface area contributed by atoms with Gasteiger partial charge in [0.1, 0.15) is 0 Å². The lowest BCUT2D eigenvalue weighted by molar-refractivity contribution is 0.0280. The van der Waals surface area contributed by atoms with Crippen molar-refractivity contribution >= 4 is 11.9 Å². The van der Waals surface area contributed by atoms with Crippen LogP contribution in [0.2, 0.25) is 0 Å².